The SMILES string of the molecule is Cc1cccc(NC(=O)CN2CCN(Cn3nc(C4CC4)n(-c4ccccc4)c3=S)CC2)c1C. The van der Waals surface area contributed by atoms with Crippen LogP contribution < -0.4 is 5.32 Å². The maximum atomic E-state index is 12.6. The van der Waals surface area contributed by atoms with Crippen molar-refractivity contribution in [2.45, 2.75) is 39.3 Å². The quantitative estimate of drug-likeness (QED) is 0.520. The van der Waals surface area contributed by atoms with Gasteiger partial charge in [0.1, 0.15) is 5.82 Å². The molecule has 0 unspecified atom stereocenters. The monoisotopic (exact) mass is 476 g/mol. The first-order valence-electron chi connectivity index (χ1n) is 12.1. The van der Waals surface area contributed by atoms with Crippen LogP contribution in [-0.2, 0) is 11.5 Å². The van der Waals surface area contributed by atoms with Crippen LogP contribution in [0.25, 0.3) is 5.69 Å². The molecule has 0 bridgehead atoms. The minimum atomic E-state index is 0.0417. The van der Waals surface area contributed by atoms with Crippen LogP contribution in [0.5, 0.6) is 0 Å². The highest BCUT2D eigenvalue weighted by atomic mass is 32.1. The molecular weight excluding hydrogens is 444 g/mol. The van der Waals surface area contributed by atoms with Crippen molar-refractivity contribution in [1.82, 2.24) is 24.1 Å². The van der Waals surface area contributed by atoms with Crippen molar-refractivity contribution in [2.75, 3.05) is 38.0 Å². The third-order valence-corrected chi connectivity index (χ3v) is 7.26. The van der Waals surface area contributed by atoms with Crippen LogP contribution in [0, 0.1) is 18.6 Å². The van der Waals surface area contributed by atoms with Crippen molar-refractivity contribution in [1.29, 1.82) is 0 Å². The average Bonchev–Trinajstić information content (AvgIpc) is 3.63. The second-order valence-corrected chi connectivity index (χ2v) is 9.78. The lowest BCUT2D eigenvalue weighted by Crippen LogP contribution is -2.49. The molecule has 3 aromatic rings. The summed E-state index contributed by atoms with van der Waals surface area (Å²) in [5.74, 6) is 1.63. The first kappa shape index (κ1) is 23.0. The van der Waals surface area contributed by atoms with Gasteiger partial charge in [0.15, 0.2) is 0 Å². The average molecular weight is 477 g/mol. The highest BCUT2D eigenvalue weighted by molar-refractivity contribution is 7.71. The summed E-state index contributed by atoms with van der Waals surface area (Å²) in [5, 5.41) is 8.00. The molecule has 1 aromatic heterocycles. The first-order chi connectivity index (χ1) is 16.5. The fourth-order valence-corrected chi connectivity index (χ4v) is 4.80. The number of amides is 1. The summed E-state index contributed by atoms with van der Waals surface area (Å²) in [6, 6.07) is 16.3. The number of anilines is 1. The molecule has 1 amide bonds. The molecule has 2 heterocycles. The van der Waals surface area contributed by atoms with E-state index in [1.165, 1.54) is 18.4 Å². The highest BCUT2D eigenvalue weighted by Crippen LogP contribution is 2.40. The van der Waals surface area contributed by atoms with Gasteiger partial charge >= 0.3 is 0 Å². The molecule has 2 fully saturated rings. The third-order valence-electron chi connectivity index (χ3n) is 6.87. The highest BCUT2D eigenvalue weighted by Gasteiger charge is 2.31. The van der Waals surface area contributed by atoms with E-state index in [1.54, 1.807) is 0 Å². The Morgan fingerprint density at radius 2 is 1.71 bits per heavy atom. The van der Waals surface area contributed by atoms with Crippen LogP contribution in [-0.4, -0.2) is 62.8 Å². The van der Waals surface area contributed by atoms with Gasteiger partial charge in [0, 0.05) is 43.5 Å². The Balaban J connectivity index is 1.19. The van der Waals surface area contributed by atoms with E-state index in [4.69, 9.17) is 17.3 Å². The number of hydrogen-bond donors (Lipinski definition) is 1. The minimum absolute atomic E-state index is 0.0417. The van der Waals surface area contributed by atoms with Gasteiger partial charge in [0.25, 0.3) is 0 Å². The number of para-hydroxylation sites is 1. The van der Waals surface area contributed by atoms with E-state index >= 15 is 0 Å². The van der Waals surface area contributed by atoms with Gasteiger partial charge in [-0.3, -0.25) is 19.2 Å². The molecule has 1 aliphatic carbocycles. The van der Waals surface area contributed by atoms with Crippen molar-refractivity contribution in [2.24, 2.45) is 0 Å². The lowest BCUT2D eigenvalue weighted by molar-refractivity contribution is -0.117. The van der Waals surface area contributed by atoms with Gasteiger partial charge in [0.2, 0.25) is 10.7 Å². The lowest BCUT2D eigenvalue weighted by atomic mass is 10.1. The van der Waals surface area contributed by atoms with Gasteiger partial charge in [-0.1, -0.05) is 30.3 Å². The molecule has 1 aliphatic heterocycles. The van der Waals surface area contributed by atoms with Gasteiger partial charge < -0.3 is 5.32 Å². The Kier molecular flexibility index (Phi) is 6.63. The summed E-state index contributed by atoms with van der Waals surface area (Å²) in [6.07, 6.45) is 2.36. The van der Waals surface area contributed by atoms with E-state index in [0.29, 0.717) is 19.1 Å². The van der Waals surface area contributed by atoms with E-state index in [2.05, 4.69) is 44.8 Å². The second-order valence-electron chi connectivity index (χ2n) is 9.42. The van der Waals surface area contributed by atoms with E-state index in [0.717, 1.165) is 53.7 Å². The van der Waals surface area contributed by atoms with Gasteiger partial charge in [-0.15, -0.1) is 0 Å². The maximum absolute atomic E-state index is 12.6. The molecule has 5 rings (SSSR count). The van der Waals surface area contributed by atoms with Gasteiger partial charge in [-0.2, -0.15) is 5.10 Å². The topological polar surface area (TPSA) is 58.3 Å². The van der Waals surface area contributed by atoms with Crippen LogP contribution in [0.15, 0.2) is 48.5 Å². The molecule has 0 atom stereocenters. The zero-order chi connectivity index (χ0) is 23.7. The summed E-state index contributed by atoms with van der Waals surface area (Å²) in [4.78, 5) is 17.2. The number of carbonyl (C=O) groups excluding carboxylic acids is 1. The van der Waals surface area contributed by atoms with Crippen LogP contribution in [0.1, 0.15) is 35.7 Å². The van der Waals surface area contributed by atoms with E-state index in [1.807, 2.05) is 41.9 Å². The van der Waals surface area contributed by atoms with Gasteiger partial charge in [-0.05, 0) is 68.2 Å². The zero-order valence-electron chi connectivity index (χ0n) is 19.9. The second kappa shape index (κ2) is 9.82. The number of nitrogens with zero attached hydrogens (tertiary/aromatic N) is 5. The Bertz CT molecular complexity index is 1220. The molecule has 2 aromatic carbocycles. The van der Waals surface area contributed by atoms with E-state index in [-0.39, 0.29) is 5.91 Å². The molecule has 8 heteroatoms. The number of carbonyl (C=O) groups is 1. The Labute approximate surface area is 206 Å². The maximum Gasteiger partial charge on any atom is 0.238 e. The Hall–Kier alpha value is -2.81. The largest absolute Gasteiger partial charge is 0.325 e. The molecule has 0 radical (unpaired) electrons. The fourth-order valence-electron chi connectivity index (χ4n) is 4.50. The molecule has 1 N–H and O–H groups in total. The molecule has 2 aliphatic rings. The van der Waals surface area contributed by atoms with Crippen molar-refractivity contribution in [3.05, 3.63) is 70.3 Å². The normalized spacial score (nSPS) is 17.1. The summed E-state index contributed by atoms with van der Waals surface area (Å²) >= 11 is 5.85. The number of nitrogens with one attached hydrogen (secondary N) is 1. The summed E-state index contributed by atoms with van der Waals surface area (Å²) in [7, 11) is 0. The summed E-state index contributed by atoms with van der Waals surface area (Å²) in [6.45, 7) is 8.67. The van der Waals surface area contributed by atoms with Crippen LogP contribution in [0.4, 0.5) is 5.69 Å². The van der Waals surface area contributed by atoms with Crippen LogP contribution in [0.2, 0.25) is 0 Å². The van der Waals surface area contributed by atoms with Gasteiger partial charge in [0.05, 0.1) is 13.2 Å². The predicted molar refractivity (Wildman–Crippen MR) is 137 cm³/mol. The number of aromatic nitrogens is 3. The number of hydrogen-bond acceptors (Lipinski definition) is 5. The van der Waals surface area contributed by atoms with Crippen molar-refractivity contribution < 1.29 is 4.79 Å². The van der Waals surface area contributed by atoms with Crippen molar-refractivity contribution in [3.8, 4) is 5.69 Å². The minimum Gasteiger partial charge on any atom is -0.325 e. The molecule has 1 saturated heterocycles. The predicted octanol–water partition coefficient (Wildman–Crippen LogP) is 4.11. The molecule has 178 valence electrons. The Morgan fingerprint density at radius 1 is 1.00 bits per heavy atom. The summed E-state index contributed by atoms with van der Waals surface area (Å²) in [5.41, 5.74) is 4.29. The first-order valence-corrected chi connectivity index (χ1v) is 12.5. The number of rotatable bonds is 7. The molecule has 7 nitrogen and oxygen atoms in total. The molecule has 0 spiro atoms. The molecular formula is C26H32N6OS. The molecule has 34 heavy (non-hydrogen) atoms. The smallest absolute Gasteiger partial charge is 0.238 e. The van der Waals surface area contributed by atoms with E-state index < -0.39 is 0 Å². The fraction of sp³-hybridized carbons (Fsp3) is 0.423. The zero-order valence-corrected chi connectivity index (χ0v) is 20.7. The van der Waals surface area contributed by atoms with Crippen molar-refractivity contribution in [3.63, 3.8) is 0 Å². The van der Waals surface area contributed by atoms with E-state index in [9.17, 15) is 4.79 Å². The molecule has 1 saturated carbocycles. The third kappa shape index (κ3) is 4.99. The Morgan fingerprint density at radius 3 is 2.41 bits per heavy atom. The van der Waals surface area contributed by atoms with Crippen molar-refractivity contribution >= 4 is 23.8 Å². The number of aryl methyl sites for hydroxylation is 1. The lowest BCUT2D eigenvalue weighted by Gasteiger charge is -2.34. The van der Waals surface area contributed by atoms with Crippen LogP contribution in [0.3, 0.4) is 0 Å². The summed E-state index contributed by atoms with van der Waals surface area (Å²) < 4.78 is 4.86. The number of piperazine rings is 1. The standard InChI is InChI=1S/C26H32N6OS/c1-19-7-6-10-23(20(19)2)27-24(33)17-29-13-15-30(16-14-29)18-31-26(34)32(22-8-4-3-5-9-22)25(28-31)21-11-12-21/h3-10,21H,11-18H2,1-2H3,(H,27,33). The van der Waals surface area contributed by atoms with Gasteiger partial charge in [-0.25, -0.2) is 4.68 Å². The number of benzene rings is 2. The van der Waals surface area contributed by atoms with Crippen LogP contribution >= 0.6 is 12.2 Å².